The number of hydrogen-bond acceptors (Lipinski definition) is 4. The fourth-order valence-electron chi connectivity index (χ4n) is 1.54. The van der Waals surface area contributed by atoms with Crippen LogP contribution in [0.25, 0.3) is 0 Å². The molecule has 0 saturated heterocycles. The second kappa shape index (κ2) is 6.41. The first-order chi connectivity index (χ1) is 8.36. The zero-order valence-corrected chi connectivity index (χ0v) is 12.3. The standard InChI is InChI=1S/C12H17ClO4S/c1-4-16-5-6-17-11-7-10(3)12(8-9(11)2)18(13,14)15/h7-8H,4-6H2,1-3H3. The van der Waals surface area contributed by atoms with E-state index in [-0.39, 0.29) is 4.90 Å². The predicted octanol–water partition coefficient (Wildman–Crippen LogP) is 2.65. The van der Waals surface area contributed by atoms with E-state index in [1.165, 1.54) is 6.07 Å². The molecule has 102 valence electrons. The summed E-state index contributed by atoms with van der Waals surface area (Å²) in [7, 11) is 1.64. The van der Waals surface area contributed by atoms with Crippen LogP contribution in [0.3, 0.4) is 0 Å². The summed E-state index contributed by atoms with van der Waals surface area (Å²) in [5, 5.41) is 0. The quantitative estimate of drug-likeness (QED) is 0.597. The van der Waals surface area contributed by atoms with Gasteiger partial charge in [0.2, 0.25) is 0 Å². The van der Waals surface area contributed by atoms with Gasteiger partial charge < -0.3 is 9.47 Å². The third-order valence-corrected chi connectivity index (χ3v) is 3.89. The molecule has 0 aliphatic carbocycles. The van der Waals surface area contributed by atoms with Crippen LogP contribution in [0.15, 0.2) is 17.0 Å². The first-order valence-corrected chi connectivity index (χ1v) is 7.93. The highest BCUT2D eigenvalue weighted by Crippen LogP contribution is 2.27. The minimum Gasteiger partial charge on any atom is -0.491 e. The second-order valence-corrected chi connectivity index (χ2v) is 6.40. The zero-order chi connectivity index (χ0) is 13.8. The molecule has 6 heteroatoms. The molecule has 1 aromatic carbocycles. The Morgan fingerprint density at radius 1 is 1.17 bits per heavy atom. The minimum absolute atomic E-state index is 0.124. The van der Waals surface area contributed by atoms with Crippen LogP contribution in [-0.4, -0.2) is 28.2 Å². The van der Waals surface area contributed by atoms with Gasteiger partial charge in [-0.15, -0.1) is 0 Å². The van der Waals surface area contributed by atoms with Gasteiger partial charge in [-0.25, -0.2) is 8.42 Å². The van der Waals surface area contributed by atoms with Crippen molar-refractivity contribution in [2.75, 3.05) is 19.8 Å². The molecule has 0 N–H and O–H groups in total. The van der Waals surface area contributed by atoms with Crippen molar-refractivity contribution in [1.29, 1.82) is 0 Å². The van der Waals surface area contributed by atoms with E-state index < -0.39 is 9.05 Å². The highest BCUT2D eigenvalue weighted by molar-refractivity contribution is 8.13. The molecule has 0 atom stereocenters. The maximum Gasteiger partial charge on any atom is 0.261 e. The molecule has 0 aliphatic heterocycles. The van der Waals surface area contributed by atoms with Crippen LogP contribution in [0.1, 0.15) is 18.1 Å². The van der Waals surface area contributed by atoms with E-state index in [1.807, 2.05) is 6.92 Å². The highest BCUT2D eigenvalue weighted by atomic mass is 35.7. The average Bonchev–Trinajstić information content (AvgIpc) is 2.27. The normalized spacial score (nSPS) is 11.6. The Kier molecular flexibility index (Phi) is 5.44. The Bertz CT molecular complexity index is 511. The molecule has 0 fully saturated rings. The Balaban J connectivity index is 2.87. The lowest BCUT2D eigenvalue weighted by molar-refractivity contribution is 0.110. The third-order valence-electron chi connectivity index (χ3n) is 2.42. The van der Waals surface area contributed by atoms with Gasteiger partial charge in [0.05, 0.1) is 11.5 Å². The van der Waals surface area contributed by atoms with E-state index in [1.54, 1.807) is 19.9 Å². The van der Waals surface area contributed by atoms with Gasteiger partial charge in [0, 0.05) is 17.3 Å². The Labute approximate surface area is 112 Å². The third kappa shape index (κ3) is 4.15. The topological polar surface area (TPSA) is 52.6 Å². The number of hydrogen-bond donors (Lipinski definition) is 0. The van der Waals surface area contributed by atoms with Crippen LogP contribution in [0.5, 0.6) is 5.75 Å². The van der Waals surface area contributed by atoms with E-state index in [9.17, 15) is 8.42 Å². The Morgan fingerprint density at radius 3 is 2.39 bits per heavy atom. The van der Waals surface area contributed by atoms with Crippen molar-refractivity contribution < 1.29 is 17.9 Å². The molecule has 0 saturated carbocycles. The fraction of sp³-hybridized carbons (Fsp3) is 0.500. The molecule has 4 nitrogen and oxygen atoms in total. The van der Waals surface area contributed by atoms with E-state index in [4.69, 9.17) is 20.2 Å². The molecule has 0 radical (unpaired) electrons. The molecule has 0 aromatic heterocycles. The lowest BCUT2D eigenvalue weighted by Gasteiger charge is -2.12. The average molecular weight is 293 g/mol. The van der Waals surface area contributed by atoms with Crippen LogP contribution in [0.2, 0.25) is 0 Å². The maximum atomic E-state index is 11.3. The van der Waals surface area contributed by atoms with Gasteiger partial charge >= 0.3 is 0 Å². The highest BCUT2D eigenvalue weighted by Gasteiger charge is 2.15. The van der Waals surface area contributed by atoms with Gasteiger partial charge in [0.15, 0.2) is 0 Å². The summed E-state index contributed by atoms with van der Waals surface area (Å²) in [5.41, 5.74) is 1.30. The van der Waals surface area contributed by atoms with Crippen molar-refractivity contribution >= 4 is 19.7 Å². The summed E-state index contributed by atoms with van der Waals surface area (Å²) in [6, 6.07) is 3.20. The molecule has 0 spiro atoms. The molecule has 18 heavy (non-hydrogen) atoms. The molecule has 0 unspecified atom stereocenters. The van der Waals surface area contributed by atoms with Crippen molar-refractivity contribution in [2.24, 2.45) is 0 Å². The summed E-state index contributed by atoms with van der Waals surface area (Å²) in [4.78, 5) is 0.124. The largest absolute Gasteiger partial charge is 0.491 e. The maximum absolute atomic E-state index is 11.3. The molecule has 0 bridgehead atoms. The van der Waals surface area contributed by atoms with E-state index in [2.05, 4.69) is 0 Å². The number of ether oxygens (including phenoxy) is 2. The Hall–Kier alpha value is -0.780. The van der Waals surface area contributed by atoms with Crippen molar-refractivity contribution in [3.63, 3.8) is 0 Å². The van der Waals surface area contributed by atoms with E-state index in [0.717, 1.165) is 5.56 Å². The van der Waals surface area contributed by atoms with E-state index >= 15 is 0 Å². The molecular weight excluding hydrogens is 276 g/mol. The molecule has 1 rings (SSSR count). The molecule has 1 aromatic rings. The second-order valence-electron chi connectivity index (χ2n) is 3.87. The SMILES string of the molecule is CCOCCOc1cc(C)c(S(=O)(=O)Cl)cc1C. The van der Waals surface area contributed by atoms with Gasteiger partial charge in [0.1, 0.15) is 12.4 Å². The summed E-state index contributed by atoms with van der Waals surface area (Å²) in [6.45, 7) is 6.96. The summed E-state index contributed by atoms with van der Waals surface area (Å²) in [5.74, 6) is 0.649. The van der Waals surface area contributed by atoms with Gasteiger partial charge in [0.25, 0.3) is 9.05 Å². The molecule has 0 heterocycles. The minimum atomic E-state index is -3.71. The summed E-state index contributed by atoms with van der Waals surface area (Å²) >= 11 is 0. The number of rotatable bonds is 6. The van der Waals surface area contributed by atoms with Crippen LogP contribution >= 0.6 is 10.7 Å². The van der Waals surface area contributed by atoms with Crippen molar-refractivity contribution in [1.82, 2.24) is 0 Å². The van der Waals surface area contributed by atoms with Crippen LogP contribution in [-0.2, 0) is 13.8 Å². The number of aryl methyl sites for hydroxylation is 2. The number of benzene rings is 1. The van der Waals surface area contributed by atoms with Crippen LogP contribution in [0.4, 0.5) is 0 Å². The van der Waals surface area contributed by atoms with E-state index in [0.29, 0.717) is 31.1 Å². The Morgan fingerprint density at radius 2 is 1.83 bits per heavy atom. The summed E-state index contributed by atoms with van der Waals surface area (Å²) < 4.78 is 33.3. The van der Waals surface area contributed by atoms with Crippen molar-refractivity contribution in [3.8, 4) is 5.75 Å². The zero-order valence-electron chi connectivity index (χ0n) is 10.7. The van der Waals surface area contributed by atoms with Crippen LogP contribution < -0.4 is 4.74 Å². The first kappa shape index (κ1) is 15.3. The van der Waals surface area contributed by atoms with Gasteiger partial charge in [-0.1, -0.05) is 0 Å². The van der Waals surface area contributed by atoms with Gasteiger partial charge in [-0.05, 0) is 44.0 Å². The first-order valence-electron chi connectivity index (χ1n) is 5.62. The number of halogens is 1. The van der Waals surface area contributed by atoms with Crippen molar-refractivity contribution in [3.05, 3.63) is 23.3 Å². The molecule has 0 amide bonds. The fourth-order valence-corrected chi connectivity index (χ4v) is 2.80. The van der Waals surface area contributed by atoms with Gasteiger partial charge in [-0.3, -0.25) is 0 Å². The molecule has 0 aliphatic rings. The van der Waals surface area contributed by atoms with Crippen molar-refractivity contribution in [2.45, 2.75) is 25.7 Å². The predicted molar refractivity (Wildman–Crippen MR) is 70.9 cm³/mol. The van der Waals surface area contributed by atoms with Crippen LogP contribution in [0, 0.1) is 13.8 Å². The monoisotopic (exact) mass is 292 g/mol. The lowest BCUT2D eigenvalue weighted by Crippen LogP contribution is -2.08. The van der Waals surface area contributed by atoms with Gasteiger partial charge in [-0.2, -0.15) is 0 Å². The lowest BCUT2D eigenvalue weighted by atomic mass is 10.1. The molecular formula is C12H17ClO4S. The smallest absolute Gasteiger partial charge is 0.261 e. The summed E-state index contributed by atoms with van der Waals surface area (Å²) in [6.07, 6.45) is 0.